The molecule has 0 aromatic heterocycles. The van der Waals surface area contributed by atoms with Crippen LogP contribution in [0.15, 0.2) is 0 Å². The first kappa shape index (κ1) is 13.4. The molecule has 96 valence electrons. The van der Waals surface area contributed by atoms with Gasteiger partial charge in [0.05, 0.1) is 13.2 Å². The lowest BCUT2D eigenvalue weighted by atomic mass is 10.3. The maximum absolute atomic E-state index is 11.6. The Balaban J connectivity index is 2.17. The summed E-state index contributed by atoms with van der Waals surface area (Å²) in [5.74, 6) is -1.12. The normalized spacial score (nSPS) is 15.2. The number of carbonyl (C=O) groups is 3. The molecule has 1 rings (SSSR count). The molecule has 1 aliphatic rings. The van der Waals surface area contributed by atoms with Gasteiger partial charge >= 0.3 is 11.8 Å². The van der Waals surface area contributed by atoms with E-state index in [9.17, 15) is 14.4 Å². The molecule has 0 aliphatic carbocycles. The van der Waals surface area contributed by atoms with Crippen molar-refractivity contribution in [2.75, 3.05) is 39.4 Å². The maximum Gasteiger partial charge on any atom is 0.312 e. The van der Waals surface area contributed by atoms with Gasteiger partial charge in [0.25, 0.3) is 0 Å². The number of carbonyl (C=O) groups excluding carboxylic acids is 3. The predicted molar refractivity (Wildman–Crippen MR) is 59.1 cm³/mol. The van der Waals surface area contributed by atoms with Gasteiger partial charge in [-0.1, -0.05) is 0 Å². The smallest absolute Gasteiger partial charge is 0.312 e. The second-order valence-corrected chi connectivity index (χ2v) is 3.59. The molecular formula is C10H17N3O4. The molecule has 3 amide bonds. The molecular weight excluding hydrogens is 226 g/mol. The quantitative estimate of drug-likeness (QED) is 0.335. The highest BCUT2D eigenvalue weighted by atomic mass is 16.5. The van der Waals surface area contributed by atoms with Crippen molar-refractivity contribution in [3.8, 4) is 0 Å². The van der Waals surface area contributed by atoms with E-state index in [4.69, 9.17) is 4.74 Å². The van der Waals surface area contributed by atoms with Crippen LogP contribution in [0.5, 0.6) is 0 Å². The van der Waals surface area contributed by atoms with E-state index in [0.29, 0.717) is 52.2 Å². The average molecular weight is 243 g/mol. The topological polar surface area (TPSA) is 87.7 Å². The van der Waals surface area contributed by atoms with Gasteiger partial charge in [-0.25, -0.2) is 0 Å². The zero-order chi connectivity index (χ0) is 12.5. The fourth-order valence-electron chi connectivity index (χ4n) is 1.44. The number of hydrogen-bond donors (Lipinski definition) is 2. The summed E-state index contributed by atoms with van der Waals surface area (Å²) in [4.78, 5) is 34.5. The van der Waals surface area contributed by atoms with Crippen molar-refractivity contribution in [1.82, 2.24) is 15.5 Å². The summed E-state index contributed by atoms with van der Waals surface area (Å²) in [6.07, 6.45) is 1.20. The Labute approximate surface area is 99.5 Å². The van der Waals surface area contributed by atoms with Crippen LogP contribution < -0.4 is 10.6 Å². The number of morpholine rings is 1. The number of ether oxygens (including phenoxy) is 1. The predicted octanol–water partition coefficient (Wildman–Crippen LogP) is -1.90. The van der Waals surface area contributed by atoms with Crippen LogP contribution in [0, 0.1) is 0 Å². The zero-order valence-electron chi connectivity index (χ0n) is 9.61. The summed E-state index contributed by atoms with van der Waals surface area (Å²) >= 11 is 0. The largest absolute Gasteiger partial charge is 0.378 e. The Hall–Kier alpha value is -1.63. The zero-order valence-corrected chi connectivity index (χ0v) is 9.61. The van der Waals surface area contributed by atoms with Crippen LogP contribution in [0.1, 0.15) is 6.42 Å². The first-order valence-corrected chi connectivity index (χ1v) is 5.57. The van der Waals surface area contributed by atoms with Gasteiger partial charge in [-0.05, 0) is 6.42 Å². The monoisotopic (exact) mass is 243 g/mol. The van der Waals surface area contributed by atoms with Crippen LogP contribution >= 0.6 is 0 Å². The molecule has 0 unspecified atom stereocenters. The summed E-state index contributed by atoms with van der Waals surface area (Å²) in [5.41, 5.74) is 0. The van der Waals surface area contributed by atoms with Crippen LogP contribution in [-0.2, 0) is 19.1 Å². The number of hydrogen-bond acceptors (Lipinski definition) is 4. The van der Waals surface area contributed by atoms with Gasteiger partial charge in [0.1, 0.15) is 0 Å². The third-order valence-electron chi connectivity index (χ3n) is 2.36. The first-order chi connectivity index (χ1) is 8.25. The molecule has 1 aliphatic heterocycles. The maximum atomic E-state index is 11.6. The minimum atomic E-state index is -0.599. The van der Waals surface area contributed by atoms with E-state index >= 15 is 0 Å². The lowest BCUT2D eigenvalue weighted by molar-refractivity contribution is -0.148. The Kier molecular flexibility index (Phi) is 6.02. The lowest BCUT2D eigenvalue weighted by Gasteiger charge is -2.26. The highest BCUT2D eigenvalue weighted by Gasteiger charge is 2.22. The van der Waals surface area contributed by atoms with Crippen molar-refractivity contribution >= 4 is 18.2 Å². The molecule has 0 spiro atoms. The first-order valence-electron chi connectivity index (χ1n) is 5.57. The van der Waals surface area contributed by atoms with Gasteiger partial charge < -0.3 is 20.3 Å². The Morgan fingerprint density at radius 2 is 1.94 bits per heavy atom. The van der Waals surface area contributed by atoms with Crippen LogP contribution in [0.25, 0.3) is 0 Å². The van der Waals surface area contributed by atoms with E-state index in [2.05, 4.69) is 10.6 Å². The highest BCUT2D eigenvalue weighted by molar-refractivity contribution is 6.35. The number of nitrogens with one attached hydrogen (secondary N) is 2. The van der Waals surface area contributed by atoms with Crippen molar-refractivity contribution in [1.29, 1.82) is 0 Å². The molecule has 0 radical (unpaired) electrons. The van der Waals surface area contributed by atoms with Gasteiger partial charge in [0.2, 0.25) is 6.41 Å². The summed E-state index contributed by atoms with van der Waals surface area (Å²) in [6.45, 7) is 2.72. The van der Waals surface area contributed by atoms with E-state index in [1.807, 2.05) is 0 Å². The summed E-state index contributed by atoms with van der Waals surface area (Å²) in [6, 6.07) is 0. The summed E-state index contributed by atoms with van der Waals surface area (Å²) < 4.78 is 5.09. The van der Waals surface area contributed by atoms with Crippen molar-refractivity contribution in [3.63, 3.8) is 0 Å². The number of rotatable bonds is 5. The van der Waals surface area contributed by atoms with E-state index in [-0.39, 0.29) is 0 Å². The minimum absolute atomic E-state index is 0.371. The van der Waals surface area contributed by atoms with Crippen LogP contribution in [0.3, 0.4) is 0 Å². The molecule has 17 heavy (non-hydrogen) atoms. The van der Waals surface area contributed by atoms with Crippen LogP contribution in [0.4, 0.5) is 0 Å². The Morgan fingerprint density at radius 1 is 1.24 bits per heavy atom. The fourth-order valence-corrected chi connectivity index (χ4v) is 1.44. The molecule has 0 bridgehead atoms. The van der Waals surface area contributed by atoms with Gasteiger partial charge in [0.15, 0.2) is 0 Å². The highest BCUT2D eigenvalue weighted by Crippen LogP contribution is 1.97. The van der Waals surface area contributed by atoms with Gasteiger partial charge in [-0.15, -0.1) is 0 Å². The van der Waals surface area contributed by atoms with Gasteiger partial charge in [0, 0.05) is 26.2 Å². The van der Waals surface area contributed by atoms with Crippen molar-refractivity contribution in [3.05, 3.63) is 0 Å². The molecule has 7 nitrogen and oxygen atoms in total. The third-order valence-corrected chi connectivity index (χ3v) is 2.36. The van der Waals surface area contributed by atoms with Crippen molar-refractivity contribution < 1.29 is 19.1 Å². The molecule has 0 atom stereocenters. The van der Waals surface area contributed by atoms with Crippen molar-refractivity contribution in [2.24, 2.45) is 0 Å². The SMILES string of the molecule is O=CNCCCNC(=O)C(=O)N1CCOCC1. The molecule has 2 N–H and O–H groups in total. The van der Waals surface area contributed by atoms with E-state index in [0.717, 1.165) is 0 Å². The van der Waals surface area contributed by atoms with E-state index in [1.54, 1.807) is 0 Å². The van der Waals surface area contributed by atoms with Gasteiger partial charge in [-0.3, -0.25) is 14.4 Å². The van der Waals surface area contributed by atoms with Crippen LogP contribution in [0.2, 0.25) is 0 Å². The second kappa shape index (κ2) is 7.61. The Bertz CT molecular complexity index is 277. The van der Waals surface area contributed by atoms with E-state index < -0.39 is 11.8 Å². The summed E-state index contributed by atoms with van der Waals surface area (Å²) in [5, 5.41) is 4.98. The van der Waals surface area contributed by atoms with Crippen LogP contribution in [-0.4, -0.2) is 62.5 Å². The molecule has 0 saturated carbocycles. The molecule has 7 heteroatoms. The third kappa shape index (κ3) is 4.81. The summed E-state index contributed by atoms with van der Waals surface area (Å²) in [7, 11) is 0. The average Bonchev–Trinajstić information content (AvgIpc) is 2.38. The number of amides is 3. The number of nitrogens with zero attached hydrogens (tertiary/aromatic N) is 1. The standard InChI is InChI=1S/C10H17N3O4/c14-8-11-2-1-3-12-9(15)10(16)13-4-6-17-7-5-13/h8H,1-7H2,(H,11,14)(H,12,15). The van der Waals surface area contributed by atoms with Gasteiger partial charge in [-0.2, -0.15) is 0 Å². The fraction of sp³-hybridized carbons (Fsp3) is 0.700. The minimum Gasteiger partial charge on any atom is -0.378 e. The lowest BCUT2D eigenvalue weighted by Crippen LogP contribution is -2.48. The second-order valence-electron chi connectivity index (χ2n) is 3.59. The molecule has 0 aromatic rings. The molecule has 1 fully saturated rings. The molecule has 0 aromatic carbocycles. The van der Waals surface area contributed by atoms with Crippen molar-refractivity contribution in [2.45, 2.75) is 6.42 Å². The van der Waals surface area contributed by atoms with E-state index in [1.165, 1.54) is 4.90 Å². The molecule has 1 heterocycles. The Morgan fingerprint density at radius 3 is 2.59 bits per heavy atom. The molecule has 1 saturated heterocycles.